The third-order valence-corrected chi connectivity index (χ3v) is 3.97. The number of benzene rings is 1. The lowest BCUT2D eigenvalue weighted by Crippen LogP contribution is -2.29. The average Bonchev–Trinajstić information content (AvgIpc) is 3.03. The van der Waals surface area contributed by atoms with E-state index in [0.717, 1.165) is 11.3 Å². The SMILES string of the molecule is CCn1c(NN=C(C)/C=C\c2ccccc2)nc2c1c(=O)[nH]c(=O)n2C. The van der Waals surface area contributed by atoms with Crippen LogP contribution in [0.4, 0.5) is 5.95 Å². The van der Waals surface area contributed by atoms with Crippen LogP contribution in [-0.2, 0) is 13.6 Å². The molecule has 0 aliphatic heterocycles. The number of nitrogens with one attached hydrogen (secondary N) is 2. The fourth-order valence-electron chi connectivity index (χ4n) is 2.58. The highest BCUT2D eigenvalue weighted by atomic mass is 16.2. The molecule has 0 saturated heterocycles. The number of rotatable bonds is 5. The van der Waals surface area contributed by atoms with E-state index in [-0.39, 0.29) is 0 Å². The largest absolute Gasteiger partial charge is 0.329 e. The summed E-state index contributed by atoms with van der Waals surface area (Å²) >= 11 is 0. The van der Waals surface area contributed by atoms with Crippen LogP contribution in [0.15, 0.2) is 51.1 Å². The monoisotopic (exact) mass is 352 g/mol. The Morgan fingerprint density at radius 3 is 2.73 bits per heavy atom. The lowest BCUT2D eigenvalue weighted by atomic mass is 10.2. The van der Waals surface area contributed by atoms with Crippen LogP contribution in [0, 0.1) is 0 Å². The summed E-state index contributed by atoms with van der Waals surface area (Å²) in [7, 11) is 1.56. The Morgan fingerprint density at radius 2 is 2.04 bits per heavy atom. The molecular formula is C18H20N6O2. The number of aromatic nitrogens is 4. The van der Waals surface area contributed by atoms with Crippen molar-refractivity contribution in [2.45, 2.75) is 20.4 Å². The van der Waals surface area contributed by atoms with Crippen molar-refractivity contribution in [3.63, 3.8) is 0 Å². The Balaban J connectivity index is 1.92. The normalized spacial score (nSPS) is 12.2. The molecule has 3 rings (SSSR count). The van der Waals surface area contributed by atoms with Gasteiger partial charge in [0, 0.05) is 13.6 Å². The average molecular weight is 352 g/mol. The predicted molar refractivity (Wildman–Crippen MR) is 103 cm³/mol. The first-order chi connectivity index (χ1) is 12.5. The highest BCUT2D eigenvalue weighted by molar-refractivity contribution is 5.96. The van der Waals surface area contributed by atoms with Crippen LogP contribution in [0.2, 0.25) is 0 Å². The molecule has 0 amide bonds. The highest BCUT2D eigenvalue weighted by Crippen LogP contribution is 2.15. The molecule has 8 heteroatoms. The van der Waals surface area contributed by atoms with Gasteiger partial charge in [-0.15, -0.1) is 0 Å². The van der Waals surface area contributed by atoms with Crippen LogP contribution in [0.1, 0.15) is 19.4 Å². The summed E-state index contributed by atoms with van der Waals surface area (Å²) in [6, 6.07) is 9.90. The number of H-pyrrole nitrogens is 1. The molecule has 2 N–H and O–H groups in total. The molecule has 3 aromatic rings. The summed E-state index contributed by atoms with van der Waals surface area (Å²) in [4.78, 5) is 30.5. The van der Waals surface area contributed by atoms with Gasteiger partial charge in [0.25, 0.3) is 5.56 Å². The van der Waals surface area contributed by atoms with Gasteiger partial charge in [0.2, 0.25) is 5.95 Å². The van der Waals surface area contributed by atoms with Gasteiger partial charge in [-0.2, -0.15) is 10.1 Å². The number of nitrogens with zero attached hydrogens (tertiary/aromatic N) is 4. The van der Waals surface area contributed by atoms with Crippen molar-refractivity contribution in [3.8, 4) is 0 Å². The number of aromatic amines is 1. The van der Waals surface area contributed by atoms with Gasteiger partial charge in [-0.25, -0.2) is 10.2 Å². The first-order valence-electron chi connectivity index (χ1n) is 8.24. The van der Waals surface area contributed by atoms with Gasteiger partial charge in [-0.3, -0.25) is 14.3 Å². The lowest BCUT2D eigenvalue weighted by Gasteiger charge is -2.04. The second-order valence-electron chi connectivity index (χ2n) is 5.78. The van der Waals surface area contributed by atoms with Gasteiger partial charge in [0.15, 0.2) is 11.2 Å². The number of hydrazone groups is 1. The minimum atomic E-state index is -0.500. The molecule has 0 saturated carbocycles. The minimum Gasteiger partial charge on any atom is -0.303 e. The summed E-state index contributed by atoms with van der Waals surface area (Å²) < 4.78 is 2.99. The van der Waals surface area contributed by atoms with Crippen molar-refractivity contribution in [1.29, 1.82) is 0 Å². The van der Waals surface area contributed by atoms with E-state index < -0.39 is 11.2 Å². The molecule has 0 atom stereocenters. The summed E-state index contributed by atoms with van der Waals surface area (Å²) in [5.74, 6) is 0.404. The van der Waals surface area contributed by atoms with Gasteiger partial charge in [-0.05, 0) is 25.5 Å². The van der Waals surface area contributed by atoms with E-state index in [1.807, 2.05) is 56.3 Å². The van der Waals surface area contributed by atoms with Crippen molar-refractivity contribution >= 4 is 28.9 Å². The fraction of sp³-hybridized carbons (Fsp3) is 0.222. The van der Waals surface area contributed by atoms with Crippen LogP contribution >= 0.6 is 0 Å². The second kappa shape index (κ2) is 7.22. The van der Waals surface area contributed by atoms with E-state index in [9.17, 15) is 9.59 Å². The van der Waals surface area contributed by atoms with E-state index in [1.165, 1.54) is 4.57 Å². The summed E-state index contributed by atoms with van der Waals surface area (Å²) in [5, 5.41) is 4.29. The number of allylic oxidation sites excluding steroid dienone is 1. The van der Waals surface area contributed by atoms with E-state index in [1.54, 1.807) is 11.6 Å². The maximum absolute atomic E-state index is 12.1. The lowest BCUT2D eigenvalue weighted by molar-refractivity contribution is 0.781. The van der Waals surface area contributed by atoms with Crippen molar-refractivity contribution in [1.82, 2.24) is 19.1 Å². The van der Waals surface area contributed by atoms with E-state index in [2.05, 4.69) is 20.5 Å². The van der Waals surface area contributed by atoms with Gasteiger partial charge in [0.05, 0.1) is 5.71 Å². The molecule has 1 aromatic carbocycles. The van der Waals surface area contributed by atoms with Crippen LogP contribution in [0.5, 0.6) is 0 Å². The van der Waals surface area contributed by atoms with E-state index in [4.69, 9.17) is 0 Å². The van der Waals surface area contributed by atoms with Crippen LogP contribution in [0.3, 0.4) is 0 Å². The second-order valence-corrected chi connectivity index (χ2v) is 5.78. The Hall–Kier alpha value is -3.42. The van der Waals surface area contributed by atoms with Gasteiger partial charge < -0.3 is 4.57 Å². The van der Waals surface area contributed by atoms with Crippen molar-refractivity contribution in [2.75, 3.05) is 5.43 Å². The van der Waals surface area contributed by atoms with Gasteiger partial charge >= 0.3 is 5.69 Å². The number of anilines is 1. The van der Waals surface area contributed by atoms with Crippen LogP contribution < -0.4 is 16.7 Å². The van der Waals surface area contributed by atoms with Crippen LogP contribution in [0.25, 0.3) is 17.2 Å². The number of hydrogen-bond donors (Lipinski definition) is 2. The molecule has 0 unspecified atom stereocenters. The number of hydrogen-bond acceptors (Lipinski definition) is 5. The Morgan fingerprint density at radius 1 is 1.31 bits per heavy atom. The molecule has 8 nitrogen and oxygen atoms in total. The third kappa shape index (κ3) is 3.34. The predicted octanol–water partition coefficient (Wildman–Crippen LogP) is 1.94. The standard InChI is InChI=1S/C18H20N6O2/c1-4-24-14-15(23(3)18(26)20-16(14)25)19-17(24)22-21-12(2)10-11-13-8-6-5-7-9-13/h5-11H,4H2,1-3H3,(H,19,22)(H,20,25,26)/b11-10-,21-12?. The minimum absolute atomic E-state index is 0.316. The maximum atomic E-state index is 12.1. The number of imidazole rings is 1. The molecule has 0 radical (unpaired) electrons. The molecular weight excluding hydrogens is 332 g/mol. The van der Waals surface area contributed by atoms with Crippen molar-refractivity contribution < 1.29 is 0 Å². The summed E-state index contributed by atoms with van der Waals surface area (Å²) in [5.41, 5.74) is 4.39. The molecule has 134 valence electrons. The van der Waals surface area contributed by atoms with E-state index >= 15 is 0 Å². The fourth-order valence-corrected chi connectivity index (χ4v) is 2.58. The molecule has 2 heterocycles. The summed E-state index contributed by atoms with van der Waals surface area (Å²) in [6.07, 6.45) is 3.83. The zero-order valence-corrected chi connectivity index (χ0v) is 14.9. The molecule has 0 bridgehead atoms. The molecule has 0 aliphatic rings. The van der Waals surface area contributed by atoms with E-state index in [0.29, 0.717) is 23.7 Å². The first-order valence-corrected chi connectivity index (χ1v) is 8.24. The highest BCUT2D eigenvalue weighted by Gasteiger charge is 2.15. The van der Waals surface area contributed by atoms with Gasteiger partial charge in [-0.1, -0.05) is 36.4 Å². The quantitative estimate of drug-likeness (QED) is 0.542. The number of aryl methyl sites for hydroxylation is 2. The summed E-state index contributed by atoms with van der Waals surface area (Å²) in [6.45, 7) is 4.26. The molecule has 0 aliphatic carbocycles. The smallest absolute Gasteiger partial charge is 0.303 e. The zero-order chi connectivity index (χ0) is 18.7. The van der Waals surface area contributed by atoms with Crippen molar-refractivity contribution in [2.24, 2.45) is 12.1 Å². The Bertz CT molecular complexity index is 1100. The van der Waals surface area contributed by atoms with Gasteiger partial charge in [0.1, 0.15) is 0 Å². The van der Waals surface area contributed by atoms with Crippen LogP contribution in [-0.4, -0.2) is 24.8 Å². The zero-order valence-electron chi connectivity index (χ0n) is 14.9. The molecule has 26 heavy (non-hydrogen) atoms. The topological polar surface area (TPSA) is 97.1 Å². The Labute approximate surface area is 149 Å². The third-order valence-electron chi connectivity index (χ3n) is 3.97. The maximum Gasteiger partial charge on any atom is 0.329 e. The van der Waals surface area contributed by atoms with Crippen molar-refractivity contribution in [3.05, 3.63) is 62.8 Å². The molecule has 2 aromatic heterocycles. The first kappa shape index (κ1) is 17.4. The Kier molecular flexibility index (Phi) is 4.83. The molecule has 0 spiro atoms. The number of fused-ring (bicyclic) bond motifs is 1. The molecule has 0 fully saturated rings.